The summed E-state index contributed by atoms with van der Waals surface area (Å²) in [6.07, 6.45) is 0.448. The molecule has 1 fully saturated rings. The van der Waals surface area contributed by atoms with Crippen LogP contribution in [0.5, 0.6) is 0 Å². The third kappa shape index (κ3) is 3.19. The van der Waals surface area contributed by atoms with E-state index in [4.69, 9.17) is 5.11 Å². The first kappa shape index (κ1) is 12.3. The van der Waals surface area contributed by atoms with Gasteiger partial charge in [-0.15, -0.1) is 0 Å². The fourth-order valence-electron chi connectivity index (χ4n) is 1.48. The summed E-state index contributed by atoms with van der Waals surface area (Å²) in [4.78, 5) is 23.4. The van der Waals surface area contributed by atoms with E-state index in [1.54, 1.807) is 0 Å². The Morgan fingerprint density at radius 2 is 1.94 bits per heavy atom. The number of hydrogen-bond donors (Lipinski definition) is 2. The Balaban J connectivity index is 2.02. The Labute approximate surface area is 103 Å². The minimum absolute atomic E-state index is 0.0891. The lowest BCUT2D eigenvalue weighted by Crippen LogP contribution is -2.43. The molecule has 0 aromatic heterocycles. The van der Waals surface area contributed by atoms with Crippen LogP contribution in [-0.2, 0) is 6.54 Å². The highest BCUT2D eigenvalue weighted by molar-refractivity contribution is 5.90. The number of urea groups is 1. The van der Waals surface area contributed by atoms with Gasteiger partial charge in [-0.25, -0.2) is 18.9 Å². The van der Waals surface area contributed by atoms with Gasteiger partial charge < -0.3 is 10.4 Å². The summed E-state index contributed by atoms with van der Waals surface area (Å²) >= 11 is 0. The molecule has 0 radical (unpaired) electrons. The summed E-state index contributed by atoms with van der Waals surface area (Å²) in [6, 6.07) is 4.83. The van der Waals surface area contributed by atoms with E-state index in [-0.39, 0.29) is 12.6 Å². The number of halogens is 1. The molecule has 1 aromatic carbocycles. The number of carbonyl (C=O) groups excluding carboxylic acids is 1. The molecule has 0 heterocycles. The predicted molar refractivity (Wildman–Crippen MR) is 61.5 cm³/mol. The van der Waals surface area contributed by atoms with E-state index in [1.807, 2.05) is 0 Å². The number of nitrogens with one attached hydrogen (secondary N) is 1. The molecule has 18 heavy (non-hydrogen) atoms. The molecular formula is C12H13FN2O3. The van der Waals surface area contributed by atoms with Crippen LogP contribution in [0.2, 0.25) is 0 Å². The highest BCUT2D eigenvalue weighted by Gasteiger charge is 2.28. The van der Waals surface area contributed by atoms with Gasteiger partial charge in [-0.1, -0.05) is 12.1 Å². The molecule has 3 amide bonds. The second kappa shape index (κ2) is 5.03. The van der Waals surface area contributed by atoms with Gasteiger partial charge in [-0.2, -0.15) is 0 Å². The normalized spacial score (nSPS) is 14.1. The summed E-state index contributed by atoms with van der Waals surface area (Å²) in [6.45, 7) is -0.0891. The van der Waals surface area contributed by atoms with Gasteiger partial charge >= 0.3 is 12.1 Å². The second-order valence-electron chi connectivity index (χ2n) is 4.22. The first-order valence-corrected chi connectivity index (χ1v) is 5.61. The van der Waals surface area contributed by atoms with Crippen molar-refractivity contribution in [1.82, 2.24) is 10.2 Å². The minimum Gasteiger partial charge on any atom is -0.465 e. The van der Waals surface area contributed by atoms with Crippen molar-refractivity contribution >= 4 is 12.1 Å². The van der Waals surface area contributed by atoms with Crippen LogP contribution in [0.4, 0.5) is 14.0 Å². The summed E-state index contributed by atoms with van der Waals surface area (Å²) < 4.78 is 12.7. The highest BCUT2D eigenvalue weighted by atomic mass is 19.1. The van der Waals surface area contributed by atoms with Crippen molar-refractivity contribution in [3.05, 3.63) is 35.6 Å². The Morgan fingerprint density at radius 3 is 2.44 bits per heavy atom. The van der Waals surface area contributed by atoms with Gasteiger partial charge in [0.05, 0.1) is 6.54 Å². The molecule has 0 bridgehead atoms. The number of amides is 3. The molecule has 0 unspecified atom stereocenters. The molecular weight excluding hydrogens is 239 g/mol. The Morgan fingerprint density at radius 1 is 1.33 bits per heavy atom. The van der Waals surface area contributed by atoms with Crippen molar-refractivity contribution in [2.75, 3.05) is 0 Å². The third-order valence-corrected chi connectivity index (χ3v) is 2.63. The largest absolute Gasteiger partial charge is 0.465 e. The van der Waals surface area contributed by atoms with Crippen LogP contribution in [0.1, 0.15) is 18.4 Å². The number of imide groups is 1. The van der Waals surface area contributed by atoms with Gasteiger partial charge in [0.25, 0.3) is 0 Å². The summed E-state index contributed by atoms with van der Waals surface area (Å²) in [5, 5.41) is 11.6. The molecule has 1 aliphatic carbocycles. The van der Waals surface area contributed by atoms with Crippen LogP contribution in [0.25, 0.3) is 0 Å². The first-order valence-electron chi connectivity index (χ1n) is 5.61. The number of rotatable bonds is 3. The van der Waals surface area contributed by atoms with E-state index in [9.17, 15) is 14.0 Å². The van der Waals surface area contributed by atoms with Gasteiger partial charge in [0.2, 0.25) is 0 Å². The zero-order chi connectivity index (χ0) is 13.1. The van der Waals surface area contributed by atoms with Gasteiger partial charge in [0.1, 0.15) is 5.82 Å². The summed E-state index contributed by atoms with van der Waals surface area (Å²) in [5.74, 6) is -0.400. The maximum atomic E-state index is 12.7. The van der Waals surface area contributed by atoms with Crippen LogP contribution in [0, 0.1) is 5.82 Å². The van der Waals surface area contributed by atoms with E-state index in [2.05, 4.69) is 5.32 Å². The van der Waals surface area contributed by atoms with E-state index >= 15 is 0 Å². The molecule has 1 saturated carbocycles. The van der Waals surface area contributed by atoms with Crippen molar-refractivity contribution in [2.45, 2.75) is 25.4 Å². The summed E-state index contributed by atoms with van der Waals surface area (Å²) in [5.41, 5.74) is 0.560. The molecule has 0 atom stereocenters. The topological polar surface area (TPSA) is 69.6 Å². The lowest BCUT2D eigenvalue weighted by atomic mass is 10.2. The second-order valence-corrected chi connectivity index (χ2v) is 4.22. The van der Waals surface area contributed by atoms with E-state index in [0.717, 1.165) is 12.8 Å². The number of benzene rings is 1. The van der Waals surface area contributed by atoms with Crippen molar-refractivity contribution in [2.24, 2.45) is 0 Å². The summed E-state index contributed by atoms with van der Waals surface area (Å²) in [7, 11) is 0. The van der Waals surface area contributed by atoms with Crippen molar-refractivity contribution in [1.29, 1.82) is 0 Å². The van der Waals surface area contributed by atoms with Gasteiger partial charge in [-0.3, -0.25) is 0 Å². The monoisotopic (exact) mass is 252 g/mol. The molecule has 2 N–H and O–H groups in total. The van der Waals surface area contributed by atoms with Crippen LogP contribution in [0.15, 0.2) is 24.3 Å². The molecule has 96 valence electrons. The van der Waals surface area contributed by atoms with E-state index in [0.29, 0.717) is 10.5 Å². The van der Waals surface area contributed by atoms with E-state index in [1.165, 1.54) is 24.3 Å². The van der Waals surface area contributed by atoms with Crippen LogP contribution in [-0.4, -0.2) is 28.2 Å². The van der Waals surface area contributed by atoms with Gasteiger partial charge in [0.15, 0.2) is 0 Å². The predicted octanol–water partition coefficient (Wildman–Crippen LogP) is 2.18. The lowest BCUT2D eigenvalue weighted by Gasteiger charge is -2.17. The van der Waals surface area contributed by atoms with Gasteiger partial charge in [0, 0.05) is 6.04 Å². The fraction of sp³-hybridized carbons (Fsp3) is 0.333. The molecule has 1 aliphatic rings. The first-order chi connectivity index (χ1) is 8.56. The zero-order valence-electron chi connectivity index (χ0n) is 9.60. The smallest absolute Gasteiger partial charge is 0.415 e. The lowest BCUT2D eigenvalue weighted by molar-refractivity contribution is 0.145. The maximum Gasteiger partial charge on any atom is 0.415 e. The third-order valence-electron chi connectivity index (χ3n) is 2.63. The average Bonchev–Trinajstić information content (AvgIpc) is 3.11. The minimum atomic E-state index is -1.32. The van der Waals surface area contributed by atoms with Crippen LogP contribution < -0.4 is 5.32 Å². The number of hydrogen-bond acceptors (Lipinski definition) is 2. The molecule has 0 spiro atoms. The van der Waals surface area contributed by atoms with Crippen LogP contribution in [0.3, 0.4) is 0 Å². The zero-order valence-corrected chi connectivity index (χ0v) is 9.60. The number of carbonyl (C=O) groups is 2. The fourth-order valence-corrected chi connectivity index (χ4v) is 1.48. The molecule has 5 nitrogen and oxygen atoms in total. The number of carboxylic acid groups (broad SMARTS) is 1. The maximum absolute atomic E-state index is 12.7. The van der Waals surface area contributed by atoms with Crippen molar-refractivity contribution < 1.29 is 19.1 Å². The van der Waals surface area contributed by atoms with E-state index < -0.39 is 17.9 Å². The SMILES string of the molecule is O=C(O)N(Cc1ccc(F)cc1)C(=O)NC1CC1. The highest BCUT2D eigenvalue weighted by Crippen LogP contribution is 2.19. The standard InChI is InChI=1S/C12H13FN2O3/c13-9-3-1-8(2-4-9)7-15(12(17)18)11(16)14-10-5-6-10/h1-4,10H,5-7H2,(H,14,16)(H,17,18). The van der Waals surface area contributed by atoms with Gasteiger partial charge in [-0.05, 0) is 30.5 Å². The van der Waals surface area contributed by atoms with Crippen LogP contribution >= 0.6 is 0 Å². The Kier molecular flexibility index (Phi) is 3.45. The van der Waals surface area contributed by atoms with Crippen molar-refractivity contribution in [3.63, 3.8) is 0 Å². The Bertz CT molecular complexity index is 457. The molecule has 0 saturated heterocycles. The van der Waals surface area contributed by atoms with Crippen molar-refractivity contribution in [3.8, 4) is 0 Å². The molecule has 0 aliphatic heterocycles. The average molecular weight is 252 g/mol. The molecule has 6 heteroatoms. The quantitative estimate of drug-likeness (QED) is 0.866. The number of nitrogens with zero attached hydrogens (tertiary/aromatic N) is 1. The molecule has 2 rings (SSSR count). The Hall–Kier alpha value is -2.11. The molecule has 1 aromatic rings.